The highest BCUT2D eigenvalue weighted by Gasteiger charge is 2.19. The van der Waals surface area contributed by atoms with Gasteiger partial charge in [-0.25, -0.2) is 5.43 Å². The van der Waals surface area contributed by atoms with Crippen LogP contribution in [0.4, 0.5) is 11.4 Å². The van der Waals surface area contributed by atoms with E-state index in [1.165, 1.54) is 19.4 Å². The number of nitro benzene ring substituents is 1. The molecule has 0 aliphatic heterocycles. The van der Waals surface area contributed by atoms with Crippen LogP contribution in [0.25, 0.3) is 0 Å². The maximum atomic E-state index is 11.8. The van der Waals surface area contributed by atoms with Crippen molar-refractivity contribution in [2.75, 3.05) is 26.1 Å². The number of methoxy groups -OCH3 is 2. The number of hydrazone groups is 1. The SMILES string of the molecule is COc1cccc(NCC(=O)N/N=C/c2cc(OC)c(O)c([N+](=O)[O-])c2)c1. The first-order valence-electron chi connectivity index (χ1n) is 7.69. The lowest BCUT2D eigenvalue weighted by Gasteiger charge is -2.07. The van der Waals surface area contributed by atoms with Crippen molar-refractivity contribution in [3.05, 3.63) is 52.1 Å². The molecule has 0 spiro atoms. The standard InChI is InChI=1S/C17H18N4O6/c1-26-13-5-3-4-12(8-13)18-10-16(22)20-19-9-11-6-14(21(24)25)17(23)15(7-11)27-2/h3-9,18,23H,10H2,1-2H3,(H,20,22)/b19-9+. The van der Waals surface area contributed by atoms with Gasteiger partial charge in [-0.3, -0.25) is 14.9 Å². The molecule has 2 rings (SSSR count). The number of rotatable bonds is 8. The third kappa shape index (κ3) is 5.33. The average molecular weight is 374 g/mol. The molecule has 0 atom stereocenters. The zero-order chi connectivity index (χ0) is 19.8. The van der Waals surface area contributed by atoms with Gasteiger partial charge in [0.25, 0.3) is 5.91 Å². The monoisotopic (exact) mass is 374 g/mol. The summed E-state index contributed by atoms with van der Waals surface area (Å²) in [5.41, 5.74) is 2.74. The first-order valence-corrected chi connectivity index (χ1v) is 7.69. The Kier molecular flexibility index (Phi) is 6.53. The van der Waals surface area contributed by atoms with E-state index < -0.39 is 22.3 Å². The van der Waals surface area contributed by atoms with E-state index in [9.17, 15) is 20.0 Å². The smallest absolute Gasteiger partial charge is 0.315 e. The van der Waals surface area contributed by atoms with Crippen LogP contribution in [0, 0.1) is 10.1 Å². The molecule has 0 radical (unpaired) electrons. The van der Waals surface area contributed by atoms with Crippen LogP contribution in [0.3, 0.4) is 0 Å². The van der Waals surface area contributed by atoms with E-state index in [4.69, 9.17) is 9.47 Å². The molecule has 10 nitrogen and oxygen atoms in total. The summed E-state index contributed by atoms with van der Waals surface area (Å²) in [5, 5.41) is 27.3. The largest absolute Gasteiger partial charge is 0.500 e. The Bertz CT molecular complexity index is 868. The second-order valence-electron chi connectivity index (χ2n) is 5.23. The van der Waals surface area contributed by atoms with Gasteiger partial charge in [-0.05, 0) is 18.2 Å². The Morgan fingerprint density at radius 1 is 1.30 bits per heavy atom. The van der Waals surface area contributed by atoms with Crippen LogP contribution in [0.15, 0.2) is 41.5 Å². The van der Waals surface area contributed by atoms with Crippen LogP contribution in [0.5, 0.6) is 17.2 Å². The average Bonchev–Trinajstić information content (AvgIpc) is 2.67. The number of ether oxygens (including phenoxy) is 2. The van der Waals surface area contributed by atoms with Crippen molar-refractivity contribution in [3.63, 3.8) is 0 Å². The number of amides is 1. The number of carbonyl (C=O) groups excluding carboxylic acids is 1. The molecule has 0 aliphatic carbocycles. The number of hydrogen-bond acceptors (Lipinski definition) is 8. The lowest BCUT2D eigenvalue weighted by Crippen LogP contribution is -2.25. The normalized spacial score (nSPS) is 10.4. The molecule has 142 valence electrons. The summed E-state index contributed by atoms with van der Waals surface area (Å²) in [4.78, 5) is 22.0. The number of hydrogen-bond donors (Lipinski definition) is 3. The quantitative estimate of drug-likeness (QED) is 0.365. The van der Waals surface area contributed by atoms with Crippen molar-refractivity contribution in [2.24, 2.45) is 5.10 Å². The summed E-state index contributed by atoms with van der Waals surface area (Å²) in [6.45, 7) is -0.0381. The van der Waals surface area contributed by atoms with Crippen LogP contribution < -0.4 is 20.2 Å². The second kappa shape index (κ2) is 9.04. The van der Waals surface area contributed by atoms with Gasteiger partial charge in [0, 0.05) is 23.4 Å². The number of anilines is 1. The van der Waals surface area contributed by atoms with E-state index in [2.05, 4.69) is 15.8 Å². The fourth-order valence-corrected chi connectivity index (χ4v) is 2.12. The molecule has 1 amide bonds. The Labute approximate surface area is 154 Å². The molecule has 0 saturated carbocycles. The number of carbonyl (C=O) groups is 1. The molecule has 0 aliphatic rings. The van der Waals surface area contributed by atoms with Crippen molar-refractivity contribution in [3.8, 4) is 17.2 Å². The molecule has 10 heteroatoms. The summed E-state index contributed by atoms with van der Waals surface area (Å²) in [6.07, 6.45) is 1.21. The van der Waals surface area contributed by atoms with Crippen LogP contribution in [-0.2, 0) is 4.79 Å². The lowest BCUT2D eigenvalue weighted by molar-refractivity contribution is -0.386. The van der Waals surface area contributed by atoms with Crippen molar-refractivity contribution in [2.45, 2.75) is 0 Å². The topological polar surface area (TPSA) is 135 Å². The van der Waals surface area contributed by atoms with Crippen molar-refractivity contribution in [1.29, 1.82) is 0 Å². The van der Waals surface area contributed by atoms with Crippen molar-refractivity contribution < 1.29 is 24.3 Å². The summed E-state index contributed by atoms with van der Waals surface area (Å²) >= 11 is 0. The molecule has 0 unspecified atom stereocenters. The Hall–Kier alpha value is -3.82. The van der Waals surface area contributed by atoms with Gasteiger partial charge in [-0.15, -0.1) is 0 Å². The van der Waals surface area contributed by atoms with Gasteiger partial charge < -0.3 is 19.9 Å². The minimum absolute atomic E-state index is 0.0381. The molecular formula is C17H18N4O6. The summed E-state index contributed by atoms with van der Waals surface area (Å²) in [6, 6.07) is 9.54. The number of nitrogens with one attached hydrogen (secondary N) is 2. The van der Waals surface area contributed by atoms with E-state index in [1.54, 1.807) is 31.4 Å². The molecule has 3 N–H and O–H groups in total. The third-order valence-corrected chi connectivity index (χ3v) is 3.42. The first-order chi connectivity index (χ1) is 12.9. The van der Waals surface area contributed by atoms with E-state index in [-0.39, 0.29) is 17.9 Å². The molecule has 0 aromatic heterocycles. The van der Waals surface area contributed by atoms with Crippen LogP contribution in [0.1, 0.15) is 5.56 Å². The first kappa shape index (κ1) is 19.5. The number of nitrogens with zero attached hydrogens (tertiary/aromatic N) is 2. The molecule has 2 aromatic carbocycles. The molecule has 0 saturated heterocycles. The maximum absolute atomic E-state index is 11.8. The number of phenolic OH excluding ortho intramolecular Hbond substituents is 1. The zero-order valence-electron chi connectivity index (χ0n) is 14.6. The molecule has 2 aromatic rings. The van der Waals surface area contributed by atoms with Crippen LogP contribution in [0.2, 0.25) is 0 Å². The van der Waals surface area contributed by atoms with Gasteiger partial charge in [0.15, 0.2) is 5.75 Å². The molecule has 0 heterocycles. The Balaban J connectivity index is 1.97. The number of aromatic hydroxyl groups is 1. The number of phenols is 1. The fourth-order valence-electron chi connectivity index (χ4n) is 2.12. The maximum Gasteiger partial charge on any atom is 0.315 e. The van der Waals surface area contributed by atoms with Gasteiger partial charge in [-0.1, -0.05) is 6.07 Å². The van der Waals surface area contributed by atoms with Gasteiger partial charge in [0.05, 0.1) is 31.9 Å². The fraction of sp³-hybridized carbons (Fsp3) is 0.176. The molecule has 27 heavy (non-hydrogen) atoms. The molecule has 0 bridgehead atoms. The lowest BCUT2D eigenvalue weighted by atomic mass is 10.2. The minimum atomic E-state index is -0.744. The highest BCUT2D eigenvalue weighted by atomic mass is 16.6. The van der Waals surface area contributed by atoms with Gasteiger partial charge >= 0.3 is 5.69 Å². The van der Waals surface area contributed by atoms with E-state index in [0.717, 1.165) is 6.07 Å². The third-order valence-electron chi connectivity index (χ3n) is 3.42. The molecule has 0 fully saturated rings. The van der Waals surface area contributed by atoms with E-state index in [1.807, 2.05) is 0 Å². The number of benzene rings is 2. The predicted octanol–water partition coefficient (Wildman–Crippen LogP) is 1.88. The van der Waals surface area contributed by atoms with Crippen molar-refractivity contribution in [1.82, 2.24) is 5.43 Å². The van der Waals surface area contributed by atoms with Gasteiger partial charge in [0.1, 0.15) is 5.75 Å². The summed E-state index contributed by atoms with van der Waals surface area (Å²) in [7, 11) is 2.81. The van der Waals surface area contributed by atoms with E-state index in [0.29, 0.717) is 11.4 Å². The van der Waals surface area contributed by atoms with Gasteiger partial charge in [-0.2, -0.15) is 5.10 Å². The molecular weight excluding hydrogens is 356 g/mol. The van der Waals surface area contributed by atoms with Crippen molar-refractivity contribution >= 4 is 23.5 Å². The number of nitro groups is 1. The summed E-state index contributed by atoms with van der Waals surface area (Å²) in [5.74, 6) is -0.418. The second-order valence-corrected chi connectivity index (χ2v) is 5.23. The minimum Gasteiger partial charge on any atom is -0.500 e. The predicted molar refractivity (Wildman–Crippen MR) is 98.5 cm³/mol. The van der Waals surface area contributed by atoms with Crippen LogP contribution >= 0.6 is 0 Å². The highest BCUT2D eigenvalue weighted by Crippen LogP contribution is 2.36. The Morgan fingerprint density at radius 2 is 2.07 bits per heavy atom. The van der Waals surface area contributed by atoms with E-state index >= 15 is 0 Å². The summed E-state index contributed by atoms with van der Waals surface area (Å²) < 4.78 is 9.98. The van der Waals surface area contributed by atoms with Gasteiger partial charge in [0.2, 0.25) is 5.75 Å². The highest BCUT2D eigenvalue weighted by molar-refractivity contribution is 5.86. The van der Waals surface area contributed by atoms with Crippen LogP contribution in [-0.4, -0.2) is 42.9 Å². The Morgan fingerprint density at radius 3 is 2.74 bits per heavy atom. The zero-order valence-corrected chi connectivity index (χ0v) is 14.6.